The second-order valence-corrected chi connectivity index (χ2v) is 5.73. The maximum atomic E-state index is 6.04. The lowest BCUT2D eigenvalue weighted by atomic mass is 9.80. The van der Waals surface area contributed by atoms with Crippen LogP contribution in [0.2, 0.25) is 0 Å². The number of hydrogen-bond donors (Lipinski definition) is 2. The summed E-state index contributed by atoms with van der Waals surface area (Å²) in [5.41, 5.74) is 7.74. The molecule has 0 amide bonds. The molecule has 0 radical (unpaired) electrons. The van der Waals surface area contributed by atoms with Crippen molar-refractivity contribution >= 4 is 11.5 Å². The number of aryl methyl sites for hydroxylation is 2. The fourth-order valence-electron chi connectivity index (χ4n) is 3.10. The summed E-state index contributed by atoms with van der Waals surface area (Å²) in [5.74, 6) is 2.58. The standard InChI is InChI=1S/C13H24N4/c1-8-5-9(2)7-11(6-8)15-13-12(14)10(3)16-17(13)4/h8-9,11,15H,5-7,14H2,1-4H3. The van der Waals surface area contributed by atoms with E-state index in [4.69, 9.17) is 5.73 Å². The van der Waals surface area contributed by atoms with E-state index in [2.05, 4.69) is 24.3 Å². The normalized spacial score (nSPS) is 29.3. The van der Waals surface area contributed by atoms with Crippen LogP contribution in [0.4, 0.5) is 11.5 Å². The van der Waals surface area contributed by atoms with E-state index < -0.39 is 0 Å². The average molecular weight is 236 g/mol. The number of aromatic nitrogens is 2. The number of nitrogens with one attached hydrogen (secondary N) is 1. The summed E-state index contributed by atoms with van der Waals surface area (Å²) in [7, 11) is 1.95. The van der Waals surface area contributed by atoms with Gasteiger partial charge in [0, 0.05) is 13.1 Å². The topological polar surface area (TPSA) is 55.9 Å². The van der Waals surface area contributed by atoms with Crippen LogP contribution in [-0.4, -0.2) is 15.8 Å². The molecule has 1 saturated carbocycles. The molecule has 0 aromatic carbocycles. The molecule has 1 aromatic rings. The van der Waals surface area contributed by atoms with Crippen molar-refractivity contribution in [2.45, 2.75) is 46.1 Å². The molecule has 0 aliphatic heterocycles. The zero-order valence-electron chi connectivity index (χ0n) is 11.3. The minimum Gasteiger partial charge on any atom is -0.394 e. The van der Waals surface area contributed by atoms with Gasteiger partial charge in [-0.3, -0.25) is 4.68 Å². The van der Waals surface area contributed by atoms with Gasteiger partial charge in [0.25, 0.3) is 0 Å². The van der Waals surface area contributed by atoms with Crippen molar-refractivity contribution in [1.29, 1.82) is 0 Å². The Bertz CT molecular complexity index is 386. The molecule has 3 N–H and O–H groups in total. The Kier molecular flexibility index (Phi) is 3.31. The molecule has 1 aliphatic rings. The summed E-state index contributed by atoms with van der Waals surface area (Å²) in [5, 5.41) is 7.92. The third-order valence-corrected chi connectivity index (χ3v) is 3.79. The molecule has 1 aromatic heterocycles. The Hall–Kier alpha value is -1.19. The number of nitrogen functional groups attached to an aromatic ring is 1. The summed E-state index contributed by atoms with van der Waals surface area (Å²) in [6, 6.07) is 0.533. The van der Waals surface area contributed by atoms with Crippen molar-refractivity contribution in [2.75, 3.05) is 11.1 Å². The molecule has 2 unspecified atom stereocenters. The van der Waals surface area contributed by atoms with Crippen molar-refractivity contribution in [3.63, 3.8) is 0 Å². The molecule has 4 nitrogen and oxygen atoms in total. The molecule has 96 valence electrons. The van der Waals surface area contributed by atoms with Gasteiger partial charge in [0.05, 0.1) is 11.4 Å². The van der Waals surface area contributed by atoms with Crippen molar-refractivity contribution in [3.05, 3.63) is 5.69 Å². The van der Waals surface area contributed by atoms with Gasteiger partial charge >= 0.3 is 0 Å². The number of nitrogens with zero attached hydrogens (tertiary/aromatic N) is 2. The highest BCUT2D eigenvalue weighted by atomic mass is 15.3. The smallest absolute Gasteiger partial charge is 0.147 e. The Balaban J connectivity index is 2.10. The van der Waals surface area contributed by atoms with Crippen molar-refractivity contribution in [1.82, 2.24) is 9.78 Å². The van der Waals surface area contributed by atoms with Crippen LogP contribution >= 0.6 is 0 Å². The van der Waals surface area contributed by atoms with Crippen LogP contribution in [0.5, 0.6) is 0 Å². The second-order valence-electron chi connectivity index (χ2n) is 5.73. The lowest BCUT2D eigenvalue weighted by molar-refractivity contribution is 0.280. The van der Waals surface area contributed by atoms with Gasteiger partial charge in [0.1, 0.15) is 5.82 Å². The highest BCUT2D eigenvalue weighted by Gasteiger charge is 2.25. The van der Waals surface area contributed by atoms with Gasteiger partial charge in [-0.15, -0.1) is 0 Å². The Labute approximate surface area is 104 Å². The molecule has 0 spiro atoms. The highest BCUT2D eigenvalue weighted by molar-refractivity contribution is 5.64. The first kappa shape index (κ1) is 12.3. The van der Waals surface area contributed by atoms with Gasteiger partial charge in [0.15, 0.2) is 0 Å². The van der Waals surface area contributed by atoms with E-state index in [1.165, 1.54) is 19.3 Å². The van der Waals surface area contributed by atoms with E-state index in [0.717, 1.165) is 29.0 Å². The predicted octanol–water partition coefficient (Wildman–Crippen LogP) is 2.55. The minimum absolute atomic E-state index is 0.533. The van der Waals surface area contributed by atoms with Crippen LogP contribution in [-0.2, 0) is 7.05 Å². The van der Waals surface area contributed by atoms with Crippen LogP contribution in [0.3, 0.4) is 0 Å². The second kappa shape index (κ2) is 4.59. The van der Waals surface area contributed by atoms with E-state index in [0.29, 0.717) is 6.04 Å². The van der Waals surface area contributed by atoms with Gasteiger partial charge < -0.3 is 11.1 Å². The molecule has 1 heterocycles. The van der Waals surface area contributed by atoms with Gasteiger partial charge in [-0.25, -0.2) is 0 Å². The predicted molar refractivity (Wildman–Crippen MR) is 71.9 cm³/mol. The fraction of sp³-hybridized carbons (Fsp3) is 0.769. The molecule has 1 fully saturated rings. The quantitative estimate of drug-likeness (QED) is 0.829. The van der Waals surface area contributed by atoms with E-state index >= 15 is 0 Å². The van der Waals surface area contributed by atoms with E-state index in [9.17, 15) is 0 Å². The molecule has 2 atom stereocenters. The molecule has 4 heteroatoms. The van der Waals surface area contributed by atoms with Crippen LogP contribution < -0.4 is 11.1 Å². The molecule has 0 saturated heterocycles. The fourth-order valence-corrected chi connectivity index (χ4v) is 3.10. The van der Waals surface area contributed by atoms with Crippen LogP contribution in [0, 0.1) is 18.8 Å². The monoisotopic (exact) mass is 236 g/mol. The molecule has 17 heavy (non-hydrogen) atoms. The van der Waals surface area contributed by atoms with Gasteiger partial charge in [-0.1, -0.05) is 13.8 Å². The number of hydrogen-bond acceptors (Lipinski definition) is 3. The third kappa shape index (κ3) is 2.56. The van der Waals surface area contributed by atoms with Crippen LogP contribution in [0.25, 0.3) is 0 Å². The molecule has 2 rings (SSSR count). The summed E-state index contributed by atoms with van der Waals surface area (Å²) in [4.78, 5) is 0. The van der Waals surface area contributed by atoms with E-state index in [-0.39, 0.29) is 0 Å². The van der Waals surface area contributed by atoms with Crippen LogP contribution in [0.1, 0.15) is 38.8 Å². The summed E-state index contributed by atoms with van der Waals surface area (Å²) in [6.45, 7) is 6.62. The van der Waals surface area contributed by atoms with E-state index in [1.54, 1.807) is 0 Å². The highest BCUT2D eigenvalue weighted by Crippen LogP contribution is 2.32. The Morgan fingerprint density at radius 1 is 1.24 bits per heavy atom. The number of nitrogens with two attached hydrogens (primary N) is 1. The first-order valence-corrected chi connectivity index (χ1v) is 6.53. The van der Waals surface area contributed by atoms with Gasteiger partial charge in [0.2, 0.25) is 0 Å². The Morgan fingerprint density at radius 3 is 2.29 bits per heavy atom. The summed E-state index contributed by atoms with van der Waals surface area (Å²) >= 11 is 0. The third-order valence-electron chi connectivity index (χ3n) is 3.79. The SMILES string of the molecule is Cc1nn(C)c(NC2CC(C)CC(C)C2)c1N. The number of rotatable bonds is 2. The lowest BCUT2D eigenvalue weighted by Gasteiger charge is -2.32. The van der Waals surface area contributed by atoms with Gasteiger partial charge in [-0.05, 0) is 38.0 Å². The molecular weight excluding hydrogens is 212 g/mol. The zero-order valence-corrected chi connectivity index (χ0v) is 11.3. The zero-order chi connectivity index (χ0) is 12.6. The average Bonchev–Trinajstić information content (AvgIpc) is 2.44. The van der Waals surface area contributed by atoms with Crippen molar-refractivity contribution < 1.29 is 0 Å². The van der Waals surface area contributed by atoms with Crippen molar-refractivity contribution in [3.8, 4) is 0 Å². The summed E-state index contributed by atoms with van der Waals surface area (Å²) < 4.78 is 1.86. The molecule has 1 aliphatic carbocycles. The van der Waals surface area contributed by atoms with Gasteiger partial charge in [-0.2, -0.15) is 5.10 Å². The van der Waals surface area contributed by atoms with Crippen LogP contribution in [0.15, 0.2) is 0 Å². The number of anilines is 2. The first-order valence-electron chi connectivity index (χ1n) is 6.53. The van der Waals surface area contributed by atoms with E-state index in [1.807, 2.05) is 18.7 Å². The summed E-state index contributed by atoms with van der Waals surface area (Å²) in [6.07, 6.45) is 3.81. The minimum atomic E-state index is 0.533. The maximum Gasteiger partial charge on any atom is 0.147 e. The molecular formula is C13H24N4. The van der Waals surface area contributed by atoms with Crippen molar-refractivity contribution in [2.24, 2.45) is 18.9 Å². The lowest BCUT2D eigenvalue weighted by Crippen LogP contribution is -2.31. The first-order chi connectivity index (χ1) is 7.97. The largest absolute Gasteiger partial charge is 0.394 e. The molecule has 0 bridgehead atoms. The Morgan fingerprint density at radius 2 is 1.82 bits per heavy atom. The maximum absolute atomic E-state index is 6.04.